The second-order valence-corrected chi connectivity index (χ2v) is 5.36. The van der Waals surface area contributed by atoms with Crippen molar-refractivity contribution in [2.75, 3.05) is 11.4 Å². The molecule has 0 spiro atoms. The molecule has 102 valence electrons. The molecule has 0 aliphatic carbocycles. The molecule has 2 aromatic carbocycles. The summed E-state index contributed by atoms with van der Waals surface area (Å²) in [5, 5.41) is 0.685. The topological polar surface area (TPSA) is 41.6 Å². The largest absolute Gasteiger partial charge is 0.369 e. The molecule has 0 bridgehead atoms. The van der Waals surface area contributed by atoms with Crippen LogP contribution < -0.4 is 10.6 Å². The van der Waals surface area contributed by atoms with Gasteiger partial charge in [-0.15, -0.1) is 0 Å². The molecule has 0 saturated carbocycles. The number of halogens is 1. The normalized spacial score (nSPS) is 18.2. The lowest BCUT2D eigenvalue weighted by atomic mass is 10.0. The molecule has 1 heterocycles. The van der Waals surface area contributed by atoms with Gasteiger partial charge >= 0.3 is 0 Å². The Morgan fingerprint density at radius 3 is 2.75 bits per heavy atom. The van der Waals surface area contributed by atoms with Gasteiger partial charge < -0.3 is 10.6 Å². The zero-order valence-electron chi connectivity index (χ0n) is 11.3. The molecule has 0 fully saturated rings. The van der Waals surface area contributed by atoms with Crippen molar-refractivity contribution in [3.05, 3.63) is 64.7 Å². The quantitative estimate of drug-likeness (QED) is 0.917. The monoisotopic (exact) mass is 285 g/mol. The van der Waals surface area contributed by atoms with E-state index in [1.165, 1.54) is 11.1 Å². The molecule has 0 radical (unpaired) electrons. The van der Waals surface area contributed by atoms with Crippen LogP contribution in [-0.2, 0) is 0 Å². The first-order valence-electron chi connectivity index (χ1n) is 6.57. The van der Waals surface area contributed by atoms with Gasteiger partial charge in [-0.1, -0.05) is 53.6 Å². The molecule has 0 amide bonds. The molecule has 1 aliphatic rings. The van der Waals surface area contributed by atoms with E-state index in [0.717, 1.165) is 5.69 Å². The minimum atomic E-state index is 0.106. The molecule has 2 N–H and O–H groups in total. The smallest absolute Gasteiger partial charge is 0.196 e. The highest BCUT2D eigenvalue weighted by Crippen LogP contribution is 2.35. The number of para-hydroxylation sites is 1. The summed E-state index contributed by atoms with van der Waals surface area (Å²) in [6.07, 6.45) is 0. The van der Waals surface area contributed by atoms with Crippen LogP contribution in [0.4, 0.5) is 5.69 Å². The Bertz CT molecular complexity index is 666. The average Bonchev–Trinajstić information content (AvgIpc) is 2.81. The Labute approximate surface area is 123 Å². The number of hydrogen-bond donors (Lipinski definition) is 1. The lowest BCUT2D eigenvalue weighted by Crippen LogP contribution is -2.36. The molecule has 1 aliphatic heterocycles. The number of guanidine groups is 1. The Morgan fingerprint density at radius 2 is 2.00 bits per heavy atom. The maximum absolute atomic E-state index is 6.30. The van der Waals surface area contributed by atoms with Crippen molar-refractivity contribution < 1.29 is 0 Å². The SMILES string of the molecule is Cc1cccc(C2CN=C(N)N2c2ccccc2Cl)c1. The van der Waals surface area contributed by atoms with E-state index < -0.39 is 0 Å². The molecule has 0 aromatic heterocycles. The number of nitrogens with zero attached hydrogens (tertiary/aromatic N) is 2. The van der Waals surface area contributed by atoms with Gasteiger partial charge in [0.05, 0.1) is 23.3 Å². The number of aliphatic imine (C=N–C) groups is 1. The van der Waals surface area contributed by atoms with Crippen LogP contribution >= 0.6 is 11.6 Å². The van der Waals surface area contributed by atoms with E-state index in [2.05, 4.69) is 36.2 Å². The maximum Gasteiger partial charge on any atom is 0.196 e. The van der Waals surface area contributed by atoms with Crippen LogP contribution in [0.25, 0.3) is 0 Å². The molecule has 0 saturated heterocycles. The number of anilines is 1. The Hall–Kier alpha value is -2.00. The average molecular weight is 286 g/mol. The fraction of sp³-hybridized carbons (Fsp3) is 0.188. The highest BCUT2D eigenvalue weighted by molar-refractivity contribution is 6.33. The predicted molar refractivity (Wildman–Crippen MR) is 84.3 cm³/mol. The van der Waals surface area contributed by atoms with E-state index in [1.807, 2.05) is 29.2 Å². The molecular weight excluding hydrogens is 270 g/mol. The first-order valence-corrected chi connectivity index (χ1v) is 6.95. The highest BCUT2D eigenvalue weighted by atomic mass is 35.5. The standard InChI is InChI=1S/C16H16ClN3/c1-11-5-4-6-12(9-11)15-10-19-16(18)20(15)14-8-3-2-7-13(14)17/h2-9,15H,10H2,1H3,(H2,18,19). The van der Waals surface area contributed by atoms with Gasteiger partial charge in [0.1, 0.15) is 0 Å². The molecule has 1 atom stereocenters. The number of aryl methyl sites for hydroxylation is 1. The van der Waals surface area contributed by atoms with E-state index in [-0.39, 0.29) is 6.04 Å². The summed E-state index contributed by atoms with van der Waals surface area (Å²) in [4.78, 5) is 6.40. The van der Waals surface area contributed by atoms with Crippen molar-refractivity contribution in [3.8, 4) is 0 Å². The third kappa shape index (κ3) is 2.25. The van der Waals surface area contributed by atoms with Gasteiger partial charge in [0.2, 0.25) is 0 Å². The fourth-order valence-electron chi connectivity index (χ4n) is 2.57. The van der Waals surface area contributed by atoms with Gasteiger partial charge in [-0.25, -0.2) is 0 Å². The first kappa shape index (κ1) is 13.0. The van der Waals surface area contributed by atoms with Gasteiger partial charge in [0.15, 0.2) is 5.96 Å². The van der Waals surface area contributed by atoms with Gasteiger partial charge in [-0.05, 0) is 24.6 Å². The summed E-state index contributed by atoms with van der Waals surface area (Å²) in [5.41, 5.74) is 9.40. The third-order valence-corrected chi connectivity index (χ3v) is 3.84. The molecular formula is C16H16ClN3. The number of benzene rings is 2. The van der Waals surface area contributed by atoms with Gasteiger partial charge in [-0.3, -0.25) is 4.99 Å². The van der Waals surface area contributed by atoms with Crippen LogP contribution in [0.15, 0.2) is 53.5 Å². The van der Waals surface area contributed by atoms with Crippen molar-refractivity contribution in [3.63, 3.8) is 0 Å². The summed E-state index contributed by atoms with van der Waals surface area (Å²) in [6.45, 7) is 2.74. The van der Waals surface area contributed by atoms with Crippen molar-refractivity contribution in [2.24, 2.45) is 10.7 Å². The van der Waals surface area contributed by atoms with Gasteiger partial charge in [-0.2, -0.15) is 0 Å². The lowest BCUT2D eigenvalue weighted by Gasteiger charge is -2.27. The molecule has 1 unspecified atom stereocenters. The minimum absolute atomic E-state index is 0.106. The zero-order chi connectivity index (χ0) is 14.1. The van der Waals surface area contributed by atoms with Gasteiger partial charge in [0.25, 0.3) is 0 Å². The summed E-state index contributed by atoms with van der Waals surface area (Å²) in [5.74, 6) is 0.518. The number of rotatable bonds is 2. The summed E-state index contributed by atoms with van der Waals surface area (Å²) in [7, 11) is 0. The van der Waals surface area contributed by atoms with E-state index in [9.17, 15) is 0 Å². The van der Waals surface area contributed by atoms with Crippen LogP contribution in [0, 0.1) is 6.92 Å². The highest BCUT2D eigenvalue weighted by Gasteiger charge is 2.29. The molecule has 4 heteroatoms. The van der Waals surface area contributed by atoms with Gasteiger partial charge in [0, 0.05) is 0 Å². The zero-order valence-corrected chi connectivity index (χ0v) is 12.0. The Balaban J connectivity index is 2.03. The van der Waals surface area contributed by atoms with Crippen LogP contribution in [0.5, 0.6) is 0 Å². The third-order valence-electron chi connectivity index (χ3n) is 3.52. The predicted octanol–water partition coefficient (Wildman–Crippen LogP) is 3.52. The van der Waals surface area contributed by atoms with Crippen molar-refractivity contribution in [1.29, 1.82) is 0 Å². The summed E-state index contributed by atoms with van der Waals surface area (Å²) >= 11 is 6.30. The number of nitrogens with two attached hydrogens (primary N) is 1. The van der Waals surface area contributed by atoms with Crippen molar-refractivity contribution >= 4 is 23.2 Å². The lowest BCUT2D eigenvalue weighted by molar-refractivity contribution is 0.768. The van der Waals surface area contributed by atoms with E-state index in [0.29, 0.717) is 17.5 Å². The molecule has 2 aromatic rings. The second kappa shape index (κ2) is 5.17. The Morgan fingerprint density at radius 1 is 1.20 bits per heavy atom. The molecule has 3 nitrogen and oxygen atoms in total. The van der Waals surface area contributed by atoms with E-state index >= 15 is 0 Å². The van der Waals surface area contributed by atoms with Crippen molar-refractivity contribution in [2.45, 2.75) is 13.0 Å². The molecule has 3 rings (SSSR count). The Kier molecular flexibility index (Phi) is 3.36. The number of hydrogen-bond acceptors (Lipinski definition) is 3. The first-order chi connectivity index (χ1) is 9.66. The molecule has 20 heavy (non-hydrogen) atoms. The van der Waals surface area contributed by atoms with Crippen LogP contribution in [-0.4, -0.2) is 12.5 Å². The van der Waals surface area contributed by atoms with Crippen molar-refractivity contribution in [1.82, 2.24) is 0 Å². The van der Waals surface area contributed by atoms with Crippen LogP contribution in [0.2, 0.25) is 5.02 Å². The minimum Gasteiger partial charge on any atom is -0.369 e. The van der Waals surface area contributed by atoms with E-state index in [4.69, 9.17) is 17.3 Å². The summed E-state index contributed by atoms with van der Waals surface area (Å²) in [6, 6.07) is 16.2. The fourth-order valence-corrected chi connectivity index (χ4v) is 2.79. The van der Waals surface area contributed by atoms with Crippen LogP contribution in [0.1, 0.15) is 17.2 Å². The van der Waals surface area contributed by atoms with Crippen LogP contribution in [0.3, 0.4) is 0 Å². The second-order valence-electron chi connectivity index (χ2n) is 4.95. The summed E-state index contributed by atoms with van der Waals surface area (Å²) < 4.78 is 0. The maximum atomic E-state index is 6.30. The van der Waals surface area contributed by atoms with E-state index in [1.54, 1.807) is 0 Å².